The number of H-pyrrole nitrogens is 1. The summed E-state index contributed by atoms with van der Waals surface area (Å²) in [4.78, 5) is 19.0. The Morgan fingerprint density at radius 3 is 2.89 bits per heavy atom. The van der Waals surface area contributed by atoms with Gasteiger partial charge in [0.05, 0.1) is 25.2 Å². The van der Waals surface area contributed by atoms with Crippen molar-refractivity contribution >= 4 is 16.9 Å². The monoisotopic (exact) mass is 368 g/mol. The van der Waals surface area contributed by atoms with E-state index in [1.807, 2.05) is 0 Å². The van der Waals surface area contributed by atoms with Crippen LogP contribution in [-0.2, 0) is 20.7 Å². The van der Waals surface area contributed by atoms with Gasteiger partial charge in [-0.25, -0.2) is 0 Å². The fourth-order valence-electron chi connectivity index (χ4n) is 6.05. The van der Waals surface area contributed by atoms with Crippen molar-refractivity contribution in [3.8, 4) is 0 Å². The van der Waals surface area contributed by atoms with Crippen LogP contribution in [0.2, 0.25) is 0 Å². The summed E-state index contributed by atoms with van der Waals surface area (Å²) >= 11 is 0. The van der Waals surface area contributed by atoms with Gasteiger partial charge < -0.3 is 14.5 Å². The van der Waals surface area contributed by atoms with Crippen molar-refractivity contribution in [2.45, 2.75) is 37.8 Å². The first-order chi connectivity index (χ1) is 13.2. The molecule has 0 unspecified atom stereocenters. The predicted molar refractivity (Wildman–Crippen MR) is 103 cm³/mol. The molecule has 0 radical (unpaired) electrons. The second kappa shape index (κ2) is 6.64. The minimum atomic E-state index is -0.143. The Morgan fingerprint density at radius 2 is 2.07 bits per heavy atom. The Bertz CT molecular complexity index is 860. The molecule has 0 amide bonds. The van der Waals surface area contributed by atoms with Crippen molar-refractivity contribution in [2.75, 3.05) is 27.3 Å². The van der Waals surface area contributed by atoms with Crippen LogP contribution in [-0.4, -0.2) is 49.3 Å². The Balaban J connectivity index is 1.52. The minimum Gasteiger partial charge on any atom is -0.469 e. The Morgan fingerprint density at radius 1 is 1.22 bits per heavy atom. The first kappa shape index (κ1) is 17.3. The van der Waals surface area contributed by atoms with E-state index in [2.05, 4.69) is 34.1 Å². The highest BCUT2D eigenvalue weighted by Gasteiger charge is 2.50. The van der Waals surface area contributed by atoms with Gasteiger partial charge in [-0.1, -0.05) is 18.2 Å². The molecule has 1 saturated carbocycles. The van der Waals surface area contributed by atoms with E-state index in [9.17, 15) is 4.79 Å². The zero-order valence-corrected chi connectivity index (χ0v) is 16.1. The number of para-hydroxylation sites is 1. The zero-order valence-electron chi connectivity index (χ0n) is 16.1. The Hall–Kier alpha value is -1.85. The average Bonchev–Trinajstić information content (AvgIpc) is 3.10. The number of nitrogens with zero attached hydrogens (tertiary/aromatic N) is 1. The van der Waals surface area contributed by atoms with Gasteiger partial charge in [-0.05, 0) is 49.1 Å². The predicted octanol–water partition coefficient (Wildman–Crippen LogP) is 3.30. The van der Waals surface area contributed by atoms with Gasteiger partial charge in [0, 0.05) is 36.8 Å². The van der Waals surface area contributed by atoms with Crippen LogP contribution in [0, 0.1) is 17.8 Å². The van der Waals surface area contributed by atoms with Crippen LogP contribution < -0.4 is 0 Å². The van der Waals surface area contributed by atoms with Crippen LogP contribution in [0.15, 0.2) is 24.3 Å². The van der Waals surface area contributed by atoms with Gasteiger partial charge in [-0.3, -0.25) is 9.69 Å². The lowest BCUT2D eigenvalue weighted by Crippen LogP contribution is -2.53. The maximum atomic E-state index is 12.6. The molecule has 3 heterocycles. The summed E-state index contributed by atoms with van der Waals surface area (Å²) in [5, 5.41) is 1.36. The highest BCUT2D eigenvalue weighted by Crippen LogP contribution is 2.49. The number of aromatic nitrogens is 1. The molecule has 3 aliphatic rings. The molecule has 2 aromatic rings. The number of carbonyl (C=O) groups excluding carboxylic acids is 1. The fraction of sp³-hybridized carbons (Fsp3) is 0.591. The molecule has 5 rings (SSSR count). The SMILES string of the molecule is COC(=O)[C@@H]1[C@@H]2C[C@@H]3c4[nH]c5ccccc5c4CCN3C[C@H]2CC[C@@H]1OC. The number of carbonyl (C=O) groups is 1. The topological polar surface area (TPSA) is 54.6 Å². The van der Waals surface area contributed by atoms with Gasteiger partial charge in [0.15, 0.2) is 0 Å². The van der Waals surface area contributed by atoms with Crippen LogP contribution >= 0.6 is 0 Å². The van der Waals surface area contributed by atoms with E-state index in [1.54, 1.807) is 7.11 Å². The number of ether oxygens (including phenoxy) is 2. The standard InChI is InChI=1S/C22H28N2O3/c1-26-19-8-7-13-12-24-10-9-15-14-5-3-4-6-17(14)23-21(15)18(24)11-16(13)20(19)22(25)27-2/h3-6,13,16,18-20,23H,7-12H2,1-2H3/t13-,16-,18-,19+,20-/m1/s1. The summed E-state index contributed by atoms with van der Waals surface area (Å²) in [6.45, 7) is 2.19. The molecule has 1 aliphatic carbocycles. The van der Waals surface area contributed by atoms with Gasteiger partial charge in [0.2, 0.25) is 0 Å². The number of aromatic amines is 1. The number of esters is 1. The summed E-state index contributed by atoms with van der Waals surface area (Å²) in [5.41, 5.74) is 4.07. The normalized spacial score (nSPS) is 33.2. The molecule has 2 aliphatic heterocycles. The van der Waals surface area contributed by atoms with E-state index in [-0.39, 0.29) is 18.0 Å². The lowest BCUT2D eigenvalue weighted by atomic mass is 9.65. The second-order valence-corrected chi connectivity index (χ2v) is 8.38. The molecule has 27 heavy (non-hydrogen) atoms. The van der Waals surface area contributed by atoms with Crippen molar-refractivity contribution in [1.29, 1.82) is 0 Å². The molecule has 0 bridgehead atoms. The number of hydrogen-bond acceptors (Lipinski definition) is 4. The van der Waals surface area contributed by atoms with Gasteiger partial charge in [0.25, 0.3) is 0 Å². The summed E-state index contributed by atoms with van der Waals surface area (Å²) in [6, 6.07) is 8.98. The lowest BCUT2D eigenvalue weighted by Gasteiger charge is -2.51. The third-order valence-corrected chi connectivity index (χ3v) is 7.30. The van der Waals surface area contributed by atoms with Crippen LogP contribution in [0.3, 0.4) is 0 Å². The molecule has 2 fully saturated rings. The quantitative estimate of drug-likeness (QED) is 0.827. The molecule has 0 spiro atoms. The second-order valence-electron chi connectivity index (χ2n) is 8.38. The summed E-state index contributed by atoms with van der Waals surface area (Å²) in [5.74, 6) is 0.644. The molecule has 144 valence electrons. The van der Waals surface area contributed by atoms with Gasteiger partial charge in [-0.15, -0.1) is 0 Å². The maximum Gasteiger partial charge on any atom is 0.311 e. The van der Waals surface area contributed by atoms with Gasteiger partial charge in [-0.2, -0.15) is 0 Å². The molecule has 1 aromatic carbocycles. The summed E-state index contributed by atoms with van der Waals surface area (Å²) in [7, 11) is 3.23. The van der Waals surface area contributed by atoms with E-state index in [0.717, 1.165) is 38.8 Å². The van der Waals surface area contributed by atoms with E-state index < -0.39 is 0 Å². The number of rotatable bonds is 2. The van der Waals surface area contributed by atoms with Crippen LogP contribution in [0.25, 0.3) is 10.9 Å². The first-order valence-electron chi connectivity index (χ1n) is 10.2. The molecule has 1 aromatic heterocycles. The number of piperidine rings is 1. The number of nitrogens with one attached hydrogen (secondary N) is 1. The van der Waals surface area contributed by atoms with E-state index in [0.29, 0.717) is 17.9 Å². The van der Waals surface area contributed by atoms with Gasteiger partial charge in [0.1, 0.15) is 0 Å². The lowest BCUT2D eigenvalue weighted by molar-refractivity contribution is -0.162. The third-order valence-electron chi connectivity index (χ3n) is 7.30. The third kappa shape index (κ3) is 2.63. The van der Waals surface area contributed by atoms with Crippen molar-refractivity contribution in [3.05, 3.63) is 35.5 Å². The van der Waals surface area contributed by atoms with E-state index in [1.165, 1.54) is 29.3 Å². The van der Waals surface area contributed by atoms with Crippen LogP contribution in [0.4, 0.5) is 0 Å². The maximum absolute atomic E-state index is 12.6. The molecule has 5 nitrogen and oxygen atoms in total. The van der Waals surface area contributed by atoms with Crippen molar-refractivity contribution < 1.29 is 14.3 Å². The van der Waals surface area contributed by atoms with Crippen molar-refractivity contribution in [1.82, 2.24) is 9.88 Å². The highest BCUT2D eigenvalue weighted by atomic mass is 16.5. The molecule has 5 atom stereocenters. The average molecular weight is 368 g/mol. The smallest absolute Gasteiger partial charge is 0.311 e. The van der Waals surface area contributed by atoms with Gasteiger partial charge >= 0.3 is 5.97 Å². The largest absolute Gasteiger partial charge is 0.469 e. The summed E-state index contributed by atoms with van der Waals surface area (Å²) < 4.78 is 10.9. The van der Waals surface area contributed by atoms with Crippen molar-refractivity contribution in [2.24, 2.45) is 17.8 Å². The van der Waals surface area contributed by atoms with Crippen molar-refractivity contribution in [3.63, 3.8) is 0 Å². The number of fused-ring (bicyclic) bond motifs is 6. The molecule has 1 saturated heterocycles. The molecular formula is C22H28N2O3. The summed E-state index contributed by atoms with van der Waals surface area (Å²) in [6.07, 6.45) is 4.18. The number of hydrogen-bond donors (Lipinski definition) is 1. The molecular weight excluding hydrogens is 340 g/mol. The zero-order chi connectivity index (χ0) is 18.5. The van der Waals surface area contributed by atoms with E-state index in [4.69, 9.17) is 9.47 Å². The number of benzene rings is 1. The van der Waals surface area contributed by atoms with E-state index >= 15 is 0 Å². The Labute approximate surface area is 160 Å². The number of methoxy groups -OCH3 is 2. The fourth-order valence-corrected chi connectivity index (χ4v) is 6.05. The van der Waals surface area contributed by atoms with Crippen LogP contribution in [0.1, 0.15) is 36.6 Å². The minimum absolute atomic E-state index is 0.0176. The first-order valence-corrected chi connectivity index (χ1v) is 10.2. The Kier molecular flexibility index (Phi) is 4.25. The van der Waals surface area contributed by atoms with Crippen LogP contribution in [0.5, 0.6) is 0 Å². The highest BCUT2D eigenvalue weighted by molar-refractivity contribution is 5.85. The molecule has 5 heteroatoms. The molecule has 1 N–H and O–H groups in total.